The van der Waals surface area contributed by atoms with Gasteiger partial charge in [-0.05, 0) is 109 Å². The third-order valence-electron chi connectivity index (χ3n) is 12.1. The minimum absolute atomic E-state index is 0.0613. The molecule has 4 aromatic rings. The summed E-state index contributed by atoms with van der Waals surface area (Å²) in [5, 5.41) is 10.3. The third-order valence-corrected chi connectivity index (χ3v) is 12.4. The first kappa shape index (κ1) is 38.0. The van der Waals surface area contributed by atoms with Crippen LogP contribution in [0.2, 0.25) is 5.02 Å². The van der Waals surface area contributed by atoms with Gasteiger partial charge >= 0.3 is 0 Å². The zero-order valence-corrected chi connectivity index (χ0v) is 33.1. The highest BCUT2D eigenvalue weighted by Gasteiger charge is 2.33. The number of para-hydroxylation sites is 1. The van der Waals surface area contributed by atoms with Crippen molar-refractivity contribution in [2.75, 3.05) is 59.7 Å². The Bertz CT molecular complexity index is 2040. The number of fused-ring (bicyclic) bond motifs is 1. The Kier molecular flexibility index (Phi) is 11.3. The zero-order valence-electron chi connectivity index (χ0n) is 32.3. The molecule has 0 bridgehead atoms. The van der Waals surface area contributed by atoms with Crippen LogP contribution in [0.3, 0.4) is 0 Å². The fourth-order valence-electron chi connectivity index (χ4n) is 9.11. The molecule has 8 rings (SSSR count). The summed E-state index contributed by atoms with van der Waals surface area (Å²) in [6, 6.07) is 31.9. The highest BCUT2D eigenvalue weighted by Crippen LogP contribution is 2.41. The Morgan fingerprint density at radius 1 is 0.804 bits per heavy atom. The molecule has 3 N–H and O–H groups in total. The summed E-state index contributed by atoms with van der Waals surface area (Å²) in [7, 11) is 0. The van der Waals surface area contributed by atoms with Gasteiger partial charge in [-0.3, -0.25) is 29.5 Å². The number of nitrogens with zero attached hydrogens (tertiary/aromatic N) is 4. The molecule has 56 heavy (non-hydrogen) atoms. The summed E-state index contributed by atoms with van der Waals surface area (Å²) in [4.78, 5) is 46.4. The lowest BCUT2D eigenvalue weighted by Gasteiger charge is -2.43. The van der Waals surface area contributed by atoms with Crippen molar-refractivity contribution in [1.29, 1.82) is 0 Å². The molecule has 3 unspecified atom stereocenters. The van der Waals surface area contributed by atoms with Crippen LogP contribution in [0.15, 0.2) is 91.0 Å². The Morgan fingerprint density at radius 2 is 1.52 bits per heavy atom. The number of rotatable bonds is 9. The lowest BCUT2D eigenvalue weighted by atomic mass is 9.89. The van der Waals surface area contributed by atoms with Crippen molar-refractivity contribution < 1.29 is 14.4 Å². The molecule has 3 fully saturated rings. The number of amides is 3. The van der Waals surface area contributed by atoms with E-state index in [1.807, 2.05) is 41.3 Å². The first-order chi connectivity index (χ1) is 27.2. The van der Waals surface area contributed by atoms with E-state index in [1.54, 1.807) is 6.92 Å². The predicted octanol–water partition coefficient (Wildman–Crippen LogP) is 7.31. The number of hydrogen-bond donors (Lipinski definition) is 3. The molecular weight excluding hydrogens is 722 g/mol. The molecule has 4 heterocycles. The van der Waals surface area contributed by atoms with Gasteiger partial charge in [-0.2, -0.15) is 0 Å². The van der Waals surface area contributed by atoms with Crippen molar-refractivity contribution in [3.8, 4) is 11.1 Å². The summed E-state index contributed by atoms with van der Waals surface area (Å²) < 4.78 is 0. The van der Waals surface area contributed by atoms with Crippen LogP contribution in [0.4, 0.5) is 22.7 Å². The van der Waals surface area contributed by atoms with E-state index in [1.165, 1.54) is 11.3 Å². The van der Waals surface area contributed by atoms with Gasteiger partial charge < -0.3 is 20.4 Å². The molecule has 3 atom stereocenters. The van der Waals surface area contributed by atoms with Crippen molar-refractivity contribution in [3.05, 3.63) is 107 Å². The number of carbonyl (C=O) groups excluding carboxylic acids is 3. The number of benzene rings is 4. The van der Waals surface area contributed by atoms with Crippen LogP contribution in [0.25, 0.3) is 11.1 Å². The number of anilines is 4. The summed E-state index contributed by atoms with van der Waals surface area (Å²) in [6.07, 6.45) is 4.00. The molecule has 11 heteroatoms. The third kappa shape index (κ3) is 8.43. The van der Waals surface area contributed by atoms with Crippen LogP contribution in [0, 0.1) is 0 Å². The molecule has 0 aromatic heterocycles. The van der Waals surface area contributed by atoms with E-state index in [9.17, 15) is 14.4 Å². The van der Waals surface area contributed by atoms with E-state index < -0.39 is 0 Å². The van der Waals surface area contributed by atoms with Crippen molar-refractivity contribution >= 4 is 52.1 Å². The molecule has 0 saturated carbocycles. The average molecular weight is 774 g/mol. The molecule has 3 saturated heterocycles. The minimum atomic E-state index is -0.383. The maximum atomic E-state index is 12.7. The molecule has 3 amide bonds. The summed E-state index contributed by atoms with van der Waals surface area (Å²) >= 11 is 6.16. The van der Waals surface area contributed by atoms with E-state index in [0.717, 1.165) is 98.8 Å². The van der Waals surface area contributed by atoms with E-state index in [-0.39, 0.29) is 35.8 Å². The number of hydrogen-bond acceptors (Lipinski definition) is 8. The number of halogens is 1. The molecule has 292 valence electrons. The van der Waals surface area contributed by atoms with Crippen molar-refractivity contribution in [3.63, 3.8) is 0 Å². The Morgan fingerprint density at radius 3 is 2.23 bits per heavy atom. The first-order valence-corrected chi connectivity index (χ1v) is 20.5. The molecule has 0 radical (unpaired) electrons. The van der Waals surface area contributed by atoms with Gasteiger partial charge in [0, 0.05) is 99.0 Å². The number of piperidine rings is 2. The van der Waals surface area contributed by atoms with Gasteiger partial charge in [0.05, 0.1) is 6.04 Å². The van der Waals surface area contributed by atoms with Gasteiger partial charge in [0.25, 0.3) is 0 Å². The fraction of sp³-hybridized carbons (Fsp3) is 0.400. The fourth-order valence-corrected chi connectivity index (χ4v) is 9.23. The van der Waals surface area contributed by atoms with Crippen molar-refractivity contribution in [1.82, 2.24) is 15.1 Å². The van der Waals surface area contributed by atoms with E-state index in [0.29, 0.717) is 23.9 Å². The molecule has 4 aromatic carbocycles. The number of piperazine rings is 1. The van der Waals surface area contributed by atoms with Crippen LogP contribution < -0.4 is 25.8 Å². The van der Waals surface area contributed by atoms with E-state index in [2.05, 4.69) is 92.2 Å². The second-order valence-corrected chi connectivity index (χ2v) is 16.3. The second-order valence-electron chi connectivity index (χ2n) is 15.8. The zero-order chi connectivity index (χ0) is 38.8. The van der Waals surface area contributed by atoms with Crippen LogP contribution in [-0.2, 0) is 20.9 Å². The lowest BCUT2D eigenvalue weighted by Crippen LogP contribution is -2.53. The summed E-state index contributed by atoms with van der Waals surface area (Å²) in [5.41, 5.74) is 8.83. The maximum absolute atomic E-state index is 12.7. The standard InChI is InChI=1S/C45H52ClN7O3/c1-30-27-42(47-36-12-10-35(46)11-13-36)39-28-33(9-17-43(39)53(30)31(2)54)32-7-14-37(15-8-32)51-21-19-38(20-22-51)52-25-23-50(24-26-52)29-34-5-3-4-6-40(34)48-41-16-18-44(55)49-45(41)56/h3-15,17,28,30,38,41-42,47-48H,16,18-27,29H2,1-2H3,(H,49,55,56). The van der Waals surface area contributed by atoms with Crippen molar-refractivity contribution in [2.45, 2.75) is 76.7 Å². The van der Waals surface area contributed by atoms with Gasteiger partial charge in [0.15, 0.2) is 0 Å². The Balaban J connectivity index is 0.856. The topological polar surface area (TPSA) is 100 Å². The van der Waals surface area contributed by atoms with Gasteiger partial charge in [0.2, 0.25) is 17.7 Å². The van der Waals surface area contributed by atoms with E-state index >= 15 is 0 Å². The molecule has 0 spiro atoms. The number of imide groups is 1. The Hall–Kier alpha value is -4.90. The number of nitrogens with one attached hydrogen (secondary N) is 3. The molecule has 10 nitrogen and oxygen atoms in total. The quantitative estimate of drug-likeness (QED) is 0.153. The lowest BCUT2D eigenvalue weighted by molar-refractivity contribution is -0.133. The highest BCUT2D eigenvalue weighted by molar-refractivity contribution is 6.30. The van der Waals surface area contributed by atoms with Crippen LogP contribution >= 0.6 is 11.6 Å². The maximum Gasteiger partial charge on any atom is 0.249 e. The van der Waals surface area contributed by atoms with Crippen molar-refractivity contribution in [2.24, 2.45) is 0 Å². The summed E-state index contributed by atoms with van der Waals surface area (Å²) in [6.45, 7) is 10.8. The van der Waals surface area contributed by atoms with Gasteiger partial charge in [-0.15, -0.1) is 0 Å². The number of carbonyl (C=O) groups is 3. The van der Waals surface area contributed by atoms with Gasteiger partial charge in [-0.1, -0.05) is 48.0 Å². The van der Waals surface area contributed by atoms with Crippen LogP contribution in [0.5, 0.6) is 0 Å². The summed E-state index contributed by atoms with van der Waals surface area (Å²) in [5.74, 6) is -0.374. The van der Waals surface area contributed by atoms with Gasteiger partial charge in [0.1, 0.15) is 6.04 Å². The Labute approximate surface area is 335 Å². The van der Waals surface area contributed by atoms with Gasteiger partial charge in [-0.25, -0.2) is 0 Å². The monoisotopic (exact) mass is 773 g/mol. The smallest absolute Gasteiger partial charge is 0.249 e. The second kappa shape index (κ2) is 16.7. The molecular formula is C45H52ClN7O3. The minimum Gasteiger partial charge on any atom is -0.378 e. The highest BCUT2D eigenvalue weighted by atomic mass is 35.5. The van der Waals surface area contributed by atoms with E-state index in [4.69, 9.17) is 11.6 Å². The molecule has 4 aliphatic heterocycles. The van der Waals surface area contributed by atoms with Crippen LogP contribution in [-0.4, -0.2) is 84.9 Å². The predicted molar refractivity (Wildman–Crippen MR) is 225 cm³/mol. The normalized spacial score (nSPS) is 22.4. The first-order valence-electron chi connectivity index (χ1n) is 20.1. The largest absolute Gasteiger partial charge is 0.378 e. The molecule has 0 aliphatic carbocycles. The van der Waals surface area contributed by atoms with Crippen LogP contribution in [0.1, 0.15) is 63.1 Å². The molecule has 4 aliphatic rings. The average Bonchev–Trinajstić information content (AvgIpc) is 3.21. The SMILES string of the molecule is CC(=O)N1c2ccc(-c3ccc(N4CCC(N5CCN(Cc6ccccc6NC6CCC(=O)NC6=O)CC5)CC4)cc3)cc2C(Nc2ccc(Cl)cc2)CC1C.